The van der Waals surface area contributed by atoms with Crippen LogP contribution in [0, 0.1) is 17.2 Å². The molecule has 2 aliphatic rings. The van der Waals surface area contributed by atoms with Gasteiger partial charge >= 0.3 is 11.8 Å². The van der Waals surface area contributed by atoms with Crippen LogP contribution in [-0.2, 0) is 11.3 Å². The third-order valence-corrected chi connectivity index (χ3v) is 6.89. The summed E-state index contributed by atoms with van der Waals surface area (Å²) in [6.45, 7) is 6.83. The van der Waals surface area contributed by atoms with Crippen molar-refractivity contribution in [3.63, 3.8) is 0 Å². The van der Waals surface area contributed by atoms with Crippen molar-refractivity contribution in [2.75, 3.05) is 5.32 Å². The van der Waals surface area contributed by atoms with Crippen LogP contribution in [0.15, 0.2) is 24.3 Å². The fourth-order valence-corrected chi connectivity index (χ4v) is 4.52. The maximum atomic E-state index is 13.7. The molecule has 1 aromatic heterocycles. The Hall–Kier alpha value is -2.45. The fraction of sp³-hybridized carbons (Fsp3) is 0.600. The van der Waals surface area contributed by atoms with Gasteiger partial charge in [0.25, 0.3) is 0 Å². The third-order valence-electron chi connectivity index (χ3n) is 6.89. The van der Waals surface area contributed by atoms with Crippen molar-refractivity contribution in [2.24, 2.45) is 11.3 Å². The second-order valence-electron chi connectivity index (χ2n) is 10.8. The molecule has 2 aliphatic carbocycles. The third kappa shape index (κ3) is 4.70. The Balaban J connectivity index is 1.66. The van der Waals surface area contributed by atoms with E-state index in [1.807, 2.05) is 0 Å². The van der Waals surface area contributed by atoms with Crippen molar-refractivity contribution in [2.45, 2.75) is 83.6 Å². The summed E-state index contributed by atoms with van der Waals surface area (Å²) < 4.78 is 69.2. The number of hydrogen-bond acceptors (Lipinski definition) is 2. The molecule has 0 aliphatic heterocycles. The van der Waals surface area contributed by atoms with E-state index in [1.54, 1.807) is 16.8 Å². The lowest BCUT2D eigenvalue weighted by molar-refractivity contribution is -0.313. The lowest BCUT2D eigenvalue weighted by Gasteiger charge is -2.43. The van der Waals surface area contributed by atoms with Crippen LogP contribution in [0.5, 0.6) is 0 Å². The number of halogens is 5. The van der Waals surface area contributed by atoms with Gasteiger partial charge in [-0.3, -0.25) is 9.48 Å². The van der Waals surface area contributed by atoms with Gasteiger partial charge in [-0.1, -0.05) is 27.2 Å². The van der Waals surface area contributed by atoms with Gasteiger partial charge in [0.1, 0.15) is 5.82 Å². The molecule has 1 aromatic carbocycles. The van der Waals surface area contributed by atoms with Gasteiger partial charge in [-0.05, 0) is 54.9 Å². The summed E-state index contributed by atoms with van der Waals surface area (Å²) in [5.74, 6) is -10.7. The van der Waals surface area contributed by atoms with Crippen molar-refractivity contribution >= 4 is 11.7 Å². The van der Waals surface area contributed by atoms with Gasteiger partial charge in [0.05, 0.1) is 5.69 Å². The molecule has 1 amide bonds. The minimum atomic E-state index is -4.19. The molecular formula is C25H30F5N3O. The molecule has 4 rings (SSSR count). The van der Waals surface area contributed by atoms with Crippen molar-refractivity contribution in [3.8, 4) is 11.3 Å². The Kier molecular flexibility index (Phi) is 6.27. The first-order valence-corrected chi connectivity index (χ1v) is 11.7. The SMILES string of the molecule is CC(C)(C)CCn1nc(NC(=O)CC2CC(F)(F)C2(F)F)c(C2CCC2)c1-c1ccc(F)cc1. The zero-order valence-electron chi connectivity index (χ0n) is 19.6. The van der Waals surface area contributed by atoms with E-state index in [2.05, 4.69) is 31.2 Å². The number of aromatic nitrogens is 2. The number of nitrogens with one attached hydrogen (secondary N) is 1. The Morgan fingerprint density at radius 2 is 1.79 bits per heavy atom. The van der Waals surface area contributed by atoms with Crippen LogP contribution in [0.4, 0.5) is 27.8 Å². The van der Waals surface area contributed by atoms with E-state index in [1.165, 1.54) is 12.1 Å². The van der Waals surface area contributed by atoms with Crippen LogP contribution >= 0.6 is 0 Å². The summed E-state index contributed by atoms with van der Waals surface area (Å²) in [6, 6.07) is 6.03. The Morgan fingerprint density at radius 1 is 1.15 bits per heavy atom. The summed E-state index contributed by atoms with van der Waals surface area (Å²) in [5.41, 5.74) is 2.32. The normalized spacial score (nSPS) is 21.6. The average Bonchev–Trinajstić information content (AvgIpc) is 3.02. The predicted octanol–water partition coefficient (Wildman–Crippen LogP) is 7.01. The molecule has 1 atom stereocenters. The Morgan fingerprint density at radius 3 is 2.29 bits per heavy atom. The fourth-order valence-electron chi connectivity index (χ4n) is 4.52. The number of rotatable bonds is 7. The van der Waals surface area contributed by atoms with Crippen LogP contribution in [-0.4, -0.2) is 27.5 Å². The standard InChI is InChI=1S/C25H30F5N3O/c1-23(2,3)11-12-33-21(16-7-9-18(26)10-8-16)20(15-5-4-6-15)22(32-33)31-19(34)13-17-14-24(27,28)25(17,29)30/h7-10,15,17H,4-6,11-14H2,1-3H3,(H,31,32,34). The van der Waals surface area contributed by atoms with Crippen molar-refractivity contribution < 1.29 is 26.7 Å². The Labute approximate surface area is 195 Å². The van der Waals surface area contributed by atoms with Crippen LogP contribution in [0.2, 0.25) is 0 Å². The number of anilines is 1. The molecule has 2 saturated carbocycles. The van der Waals surface area contributed by atoms with Crippen molar-refractivity contribution in [1.29, 1.82) is 0 Å². The van der Waals surface area contributed by atoms with E-state index >= 15 is 0 Å². The van der Waals surface area contributed by atoms with Crippen molar-refractivity contribution in [3.05, 3.63) is 35.6 Å². The largest absolute Gasteiger partial charge is 0.313 e. The summed E-state index contributed by atoms with van der Waals surface area (Å²) in [4.78, 5) is 12.6. The number of carbonyl (C=O) groups is 1. The summed E-state index contributed by atoms with van der Waals surface area (Å²) in [5, 5.41) is 7.27. The van der Waals surface area contributed by atoms with E-state index in [9.17, 15) is 26.7 Å². The van der Waals surface area contributed by atoms with E-state index in [-0.39, 0.29) is 23.0 Å². The van der Waals surface area contributed by atoms with Crippen LogP contribution < -0.4 is 5.32 Å². The lowest BCUT2D eigenvalue weighted by Crippen LogP contribution is -2.59. The maximum absolute atomic E-state index is 13.7. The maximum Gasteiger partial charge on any atom is 0.313 e. The van der Waals surface area contributed by atoms with Gasteiger partial charge in [0.15, 0.2) is 5.82 Å². The summed E-state index contributed by atoms with van der Waals surface area (Å²) in [6.07, 6.45) is 1.85. The number of alkyl halides is 4. The number of aryl methyl sites for hydroxylation is 1. The molecule has 1 unspecified atom stereocenters. The average molecular weight is 484 g/mol. The topological polar surface area (TPSA) is 46.9 Å². The quantitative estimate of drug-likeness (QED) is 0.431. The highest BCUT2D eigenvalue weighted by Crippen LogP contribution is 2.56. The number of benzene rings is 1. The minimum absolute atomic E-state index is 0.00704. The van der Waals surface area contributed by atoms with E-state index in [4.69, 9.17) is 0 Å². The Bertz CT molecular complexity index is 1050. The molecule has 34 heavy (non-hydrogen) atoms. The number of nitrogens with zero attached hydrogens (tertiary/aromatic N) is 2. The zero-order chi connectivity index (χ0) is 24.9. The molecule has 0 bridgehead atoms. The van der Waals surface area contributed by atoms with Gasteiger partial charge in [0.2, 0.25) is 5.91 Å². The van der Waals surface area contributed by atoms with E-state index in [0.717, 1.165) is 42.5 Å². The zero-order valence-corrected chi connectivity index (χ0v) is 19.6. The van der Waals surface area contributed by atoms with Crippen LogP contribution in [0.25, 0.3) is 11.3 Å². The van der Waals surface area contributed by atoms with Gasteiger partial charge in [-0.15, -0.1) is 0 Å². The first-order chi connectivity index (χ1) is 15.8. The first-order valence-electron chi connectivity index (χ1n) is 11.7. The van der Waals surface area contributed by atoms with Gasteiger partial charge in [0, 0.05) is 36.4 Å². The highest BCUT2D eigenvalue weighted by molar-refractivity contribution is 5.92. The molecule has 1 N–H and O–H groups in total. The molecule has 1 heterocycles. The minimum Gasteiger partial charge on any atom is -0.309 e. The molecular weight excluding hydrogens is 453 g/mol. The lowest BCUT2D eigenvalue weighted by atomic mass is 9.74. The second-order valence-corrected chi connectivity index (χ2v) is 10.8. The predicted molar refractivity (Wildman–Crippen MR) is 120 cm³/mol. The molecule has 2 fully saturated rings. The molecule has 9 heteroatoms. The van der Waals surface area contributed by atoms with E-state index < -0.39 is 36.5 Å². The molecule has 0 radical (unpaired) electrons. The van der Waals surface area contributed by atoms with Gasteiger partial charge in [-0.2, -0.15) is 22.7 Å². The smallest absolute Gasteiger partial charge is 0.309 e. The van der Waals surface area contributed by atoms with Crippen LogP contribution in [0.3, 0.4) is 0 Å². The highest BCUT2D eigenvalue weighted by Gasteiger charge is 2.71. The molecule has 0 spiro atoms. The first kappa shape index (κ1) is 24.7. The number of amides is 1. The summed E-state index contributed by atoms with van der Waals surface area (Å²) in [7, 11) is 0. The van der Waals surface area contributed by atoms with E-state index in [0.29, 0.717) is 6.54 Å². The summed E-state index contributed by atoms with van der Waals surface area (Å²) >= 11 is 0. The second kappa shape index (κ2) is 8.64. The molecule has 4 nitrogen and oxygen atoms in total. The van der Waals surface area contributed by atoms with Crippen LogP contribution in [0.1, 0.15) is 70.8 Å². The van der Waals surface area contributed by atoms with Gasteiger partial charge in [-0.25, -0.2) is 4.39 Å². The number of hydrogen-bond donors (Lipinski definition) is 1. The monoisotopic (exact) mass is 483 g/mol. The number of carbonyl (C=O) groups excluding carboxylic acids is 1. The molecule has 2 aromatic rings. The highest BCUT2D eigenvalue weighted by atomic mass is 19.3. The molecule has 0 saturated heterocycles. The molecule has 186 valence electrons. The van der Waals surface area contributed by atoms with Gasteiger partial charge < -0.3 is 5.32 Å². The van der Waals surface area contributed by atoms with Crippen molar-refractivity contribution in [1.82, 2.24) is 9.78 Å².